The number of rotatable bonds is 7. The molecule has 2 fully saturated rings. The Morgan fingerprint density at radius 2 is 1.48 bits per heavy atom. The minimum absolute atomic E-state index is 0.0317. The Labute approximate surface area is 163 Å². The van der Waals surface area contributed by atoms with Crippen LogP contribution in [-0.4, -0.2) is 29.8 Å². The fourth-order valence-corrected chi connectivity index (χ4v) is 5.05. The fourth-order valence-electron chi connectivity index (χ4n) is 5.05. The van der Waals surface area contributed by atoms with E-state index >= 15 is 0 Å². The van der Waals surface area contributed by atoms with Crippen molar-refractivity contribution in [1.29, 1.82) is 0 Å². The average Bonchev–Trinajstić information content (AvgIpc) is 3.48. The predicted molar refractivity (Wildman–Crippen MR) is 112 cm³/mol. The first-order valence-electron chi connectivity index (χ1n) is 11.1. The summed E-state index contributed by atoms with van der Waals surface area (Å²) in [6.07, 6.45) is 14.5. The van der Waals surface area contributed by atoms with Crippen LogP contribution >= 0.6 is 0 Å². The summed E-state index contributed by atoms with van der Waals surface area (Å²) in [5.74, 6) is 0. The summed E-state index contributed by atoms with van der Waals surface area (Å²) < 4.78 is 0. The first-order chi connectivity index (χ1) is 13.3. The number of anilines is 1. The molecular weight excluding hydrogens is 332 g/mol. The van der Waals surface area contributed by atoms with Crippen molar-refractivity contribution in [2.24, 2.45) is 4.99 Å². The molecule has 2 aromatic rings. The summed E-state index contributed by atoms with van der Waals surface area (Å²) in [4.78, 5) is 7.68. The molecule has 0 heterocycles. The maximum absolute atomic E-state index is 9.84. The van der Waals surface area contributed by atoms with Gasteiger partial charge in [0.1, 0.15) is 0 Å². The highest BCUT2D eigenvalue weighted by molar-refractivity contribution is 5.57. The number of hydrogen-bond donors (Lipinski definition) is 1. The first-order valence-corrected chi connectivity index (χ1v) is 11.1. The molecule has 2 aromatic carbocycles. The van der Waals surface area contributed by atoms with E-state index in [1.807, 2.05) is 6.07 Å². The quantitative estimate of drug-likeness (QED) is 0.781. The van der Waals surface area contributed by atoms with Crippen LogP contribution in [-0.2, 0) is 6.42 Å². The number of aliphatic hydroxyl groups is 1. The van der Waals surface area contributed by atoms with Gasteiger partial charge in [-0.15, -0.1) is 0 Å². The third-order valence-corrected chi connectivity index (χ3v) is 6.51. The summed E-state index contributed by atoms with van der Waals surface area (Å²) in [6, 6.07) is 14.1. The van der Waals surface area contributed by atoms with Gasteiger partial charge in [0.2, 0.25) is 0 Å². The number of benzene rings is 1. The largest absolute Gasteiger partial charge is 0.394 e. The first kappa shape index (κ1) is 18.7. The molecule has 2 aliphatic carbocycles. The van der Waals surface area contributed by atoms with Crippen LogP contribution in [0.2, 0.25) is 0 Å². The van der Waals surface area contributed by atoms with E-state index in [-0.39, 0.29) is 12.6 Å². The topological polar surface area (TPSA) is 35.8 Å². The van der Waals surface area contributed by atoms with Crippen LogP contribution in [0.5, 0.6) is 0 Å². The zero-order chi connectivity index (χ0) is 18.5. The lowest BCUT2D eigenvalue weighted by molar-refractivity contribution is 0.264. The molecule has 1 atom stereocenters. The summed E-state index contributed by atoms with van der Waals surface area (Å²) in [7, 11) is 0. The van der Waals surface area contributed by atoms with Crippen molar-refractivity contribution >= 4 is 5.69 Å². The Kier molecular flexibility index (Phi) is 6.28. The third-order valence-electron chi connectivity index (χ3n) is 6.51. The molecule has 2 aliphatic rings. The Hall–Kier alpha value is -1.61. The molecule has 0 radical (unpaired) electrons. The lowest BCUT2D eigenvalue weighted by atomic mass is 9.89. The van der Waals surface area contributed by atoms with Crippen molar-refractivity contribution in [3.63, 3.8) is 0 Å². The lowest BCUT2D eigenvalue weighted by Crippen LogP contribution is -2.45. The highest BCUT2D eigenvalue weighted by atomic mass is 16.3. The van der Waals surface area contributed by atoms with Gasteiger partial charge in [-0.25, -0.2) is 0 Å². The highest BCUT2D eigenvalue weighted by Gasteiger charge is 2.32. The van der Waals surface area contributed by atoms with Crippen molar-refractivity contribution in [3.8, 4) is 0 Å². The maximum Gasteiger partial charge on any atom is 0.0834 e. The number of aliphatic hydroxyl groups excluding tert-OH is 1. The third kappa shape index (κ3) is 4.82. The van der Waals surface area contributed by atoms with Gasteiger partial charge >= 0.3 is 0 Å². The van der Waals surface area contributed by atoms with Gasteiger partial charge in [0.25, 0.3) is 0 Å². The van der Waals surface area contributed by atoms with Crippen molar-refractivity contribution in [2.75, 3.05) is 11.5 Å². The van der Waals surface area contributed by atoms with E-state index in [4.69, 9.17) is 4.99 Å². The number of hydrogen-bond acceptors (Lipinski definition) is 3. The van der Waals surface area contributed by atoms with Crippen LogP contribution in [0.15, 0.2) is 41.4 Å². The Morgan fingerprint density at radius 1 is 0.889 bits per heavy atom. The van der Waals surface area contributed by atoms with Gasteiger partial charge in [-0.3, -0.25) is 4.99 Å². The summed E-state index contributed by atoms with van der Waals surface area (Å²) >= 11 is 0. The average molecular weight is 367 g/mol. The molecule has 0 saturated heterocycles. The Morgan fingerprint density at radius 3 is 2.04 bits per heavy atom. The standard InChI is InChI=1S/C24H34N2O/c27-18-20(16-19-10-4-1-5-11-19)25-23-17-24(23)26(21-12-6-2-7-13-21)22-14-8-3-9-15-22/h1,4-5,10-11,17,20-22,27H,2-3,6-9,12-16,18H2. The van der Waals surface area contributed by atoms with E-state index in [0.717, 1.165) is 11.8 Å². The molecule has 0 aromatic heterocycles. The fraction of sp³-hybridized carbons (Fsp3) is 0.625. The lowest BCUT2D eigenvalue weighted by Gasteiger charge is -2.41. The SMILES string of the molecule is OCC(Cc1ccccc1)N=c1cc1N(C1CCCCC1)C1CCCCC1. The van der Waals surface area contributed by atoms with Gasteiger partial charge in [-0.2, -0.15) is 0 Å². The van der Waals surface area contributed by atoms with Gasteiger partial charge in [-0.05, 0) is 43.7 Å². The van der Waals surface area contributed by atoms with Crippen molar-refractivity contribution in [1.82, 2.24) is 0 Å². The summed E-state index contributed by atoms with van der Waals surface area (Å²) in [5, 5.41) is 11.0. The Balaban J connectivity index is 1.50. The molecule has 4 rings (SSSR count). The van der Waals surface area contributed by atoms with Gasteiger partial charge in [-0.1, -0.05) is 68.9 Å². The van der Waals surface area contributed by atoms with Gasteiger partial charge in [0, 0.05) is 12.1 Å². The van der Waals surface area contributed by atoms with Crippen LogP contribution in [0.3, 0.4) is 0 Å². The van der Waals surface area contributed by atoms with E-state index in [2.05, 4.69) is 35.2 Å². The molecule has 27 heavy (non-hydrogen) atoms. The molecule has 146 valence electrons. The van der Waals surface area contributed by atoms with Crippen LogP contribution in [0.25, 0.3) is 0 Å². The highest BCUT2D eigenvalue weighted by Crippen LogP contribution is 2.34. The maximum atomic E-state index is 9.84. The second kappa shape index (κ2) is 9.05. The second-order valence-corrected chi connectivity index (χ2v) is 8.56. The van der Waals surface area contributed by atoms with Gasteiger partial charge in [0.05, 0.1) is 23.7 Å². The van der Waals surface area contributed by atoms with Crippen molar-refractivity contribution in [2.45, 2.75) is 88.8 Å². The van der Waals surface area contributed by atoms with Crippen molar-refractivity contribution < 1.29 is 5.11 Å². The molecule has 1 unspecified atom stereocenters. The van der Waals surface area contributed by atoms with E-state index in [1.165, 1.54) is 75.5 Å². The van der Waals surface area contributed by atoms with Gasteiger partial charge < -0.3 is 10.0 Å². The van der Waals surface area contributed by atoms with Crippen LogP contribution in [0, 0.1) is 0 Å². The smallest absolute Gasteiger partial charge is 0.0834 e. The summed E-state index contributed by atoms with van der Waals surface area (Å²) in [6.45, 7) is 0.117. The molecule has 3 heteroatoms. The van der Waals surface area contributed by atoms with E-state index in [1.54, 1.807) is 0 Å². The van der Waals surface area contributed by atoms with E-state index in [9.17, 15) is 5.11 Å². The molecule has 3 nitrogen and oxygen atoms in total. The minimum Gasteiger partial charge on any atom is -0.394 e. The molecule has 0 bridgehead atoms. The van der Waals surface area contributed by atoms with Crippen LogP contribution in [0.4, 0.5) is 5.69 Å². The molecular formula is C24H34N2O. The zero-order valence-corrected chi connectivity index (χ0v) is 16.5. The monoisotopic (exact) mass is 366 g/mol. The molecule has 0 amide bonds. The van der Waals surface area contributed by atoms with Gasteiger partial charge in [0.15, 0.2) is 0 Å². The molecule has 0 spiro atoms. The van der Waals surface area contributed by atoms with E-state index in [0.29, 0.717) is 12.1 Å². The minimum atomic E-state index is -0.0317. The number of nitrogens with zero attached hydrogens (tertiary/aromatic N) is 2. The Bertz CT molecular complexity index is 686. The van der Waals surface area contributed by atoms with Crippen molar-refractivity contribution in [3.05, 3.63) is 47.3 Å². The summed E-state index contributed by atoms with van der Waals surface area (Å²) in [5.41, 5.74) is 2.64. The predicted octanol–water partition coefficient (Wildman–Crippen LogP) is 4.54. The molecule has 0 aliphatic heterocycles. The molecule has 1 N–H and O–H groups in total. The zero-order valence-electron chi connectivity index (χ0n) is 16.5. The van der Waals surface area contributed by atoms with E-state index < -0.39 is 0 Å². The normalized spacial score (nSPS) is 21.6. The van der Waals surface area contributed by atoms with Crippen LogP contribution in [0.1, 0.15) is 69.8 Å². The molecule has 2 saturated carbocycles. The second-order valence-electron chi connectivity index (χ2n) is 8.56. The van der Waals surface area contributed by atoms with Crippen LogP contribution < -0.4 is 10.3 Å².